The number of methoxy groups -OCH3 is 1. The normalized spacial score (nSPS) is 11.3. The summed E-state index contributed by atoms with van der Waals surface area (Å²) in [5.74, 6) is -1.10. The molecule has 0 bridgehead atoms. The topological polar surface area (TPSA) is 105 Å². The molecule has 0 unspecified atom stereocenters. The predicted octanol–water partition coefficient (Wildman–Crippen LogP) is 4.09. The lowest BCUT2D eigenvalue weighted by atomic mass is 10.1. The van der Waals surface area contributed by atoms with Gasteiger partial charge in [0.05, 0.1) is 29.5 Å². The molecule has 0 aliphatic carbocycles. The summed E-state index contributed by atoms with van der Waals surface area (Å²) in [6.45, 7) is 3.07. The number of ether oxygens (including phenoxy) is 1. The first-order chi connectivity index (χ1) is 16.6. The molecular weight excluding hydrogens is 490 g/mol. The lowest BCUT2D eigenvalue weighted by molar-refractivity contribution is -0.119. The van der Waals surface area contributed by atoms with Gasteiger partial charge in [-0.1, -0.05) is 41.4 Å². The zero-order valence-corrected chi connectivity index (χ0v) is 20.9. The third-order valence-electron chi connectivity index (χ3n) is 5.06. The molecule has 0 saturated heterocycles. The Kier molecular flexibility index (Phi) is 8.26. The van der Waals surface area contributed by atoms with Crippen molar-refractivity contribution in [1.82, 2.24) is 5.43 Å². The van der Waals surface area contributed by atoms with Gasteiger partial charge in [-0.05, 0) is 67.4 Å². The number of rotatable bonds is 8. The van der Waals surface area contributed by atoms with Gasteiger partial charge in [0.2, 0.25) is 0 Å². The van der Waals surface area contributed by atoms with E-state index in [0.717, 1.165) is 9.87 Å². The number of hydrogen-bond donors (Lipinski definition) is 1. The second kappa shape index (κ2) is 11.2. The number of aryl methyl sites for hydroxylation is 2. The molecular formula is C25H24ClN3O5S. The van der Waals surface area contributed by atoms with Crippen molar-refractivity contribution in [3.8, 4) is 0 Å². The molecule has 8 nitrogen and oxygen atoms in total. The number of carbonyl (C=O) groups excluding carboxylic acids is 2. The van der Waals surface area contributed by atoms with Crippen LogP contribution in [0.4, 0.5) is 5.69 Å². The fourth-order valence-electron chi connectivity index (χ4n) is 3.20. The van der Waals surface area contributed by atoms with Crippen LogP contribution in [-0.4, -0.2) is 40.2 Å². The van der Waals surface area contributed by atoms with E-state index in [9.17, 15) is 18.0 Å². The minimum Gasteiger partial charge on any atom is -0.465 e. The smallest absolute Gasteiger partial charge is 0.337 e. The minimum absolute atomic E-state index is 0.0550. The first-order valence-corrected chi connectivity index (χ1v) is 12.3. The van der Waals surface area contributed by atoms with Gasteiger partial charge in [0.25, 0.3) is 15.9 Å². The van der Waals surface area contributed by atoms with Gasteiger partial charge in [0, 0.05) is 5.02 Å². The average molecular weight is 514 g/mol. The van der Waals surface area contributed by atoms with Crippen LogP contribution in [0.15, 0.2) is 76.7 Å². The number of amides is 1. The van der Waals surface area contributed by atoms with Crippen molar-refractivity contribution in [2.75, 3.05) is 18.0 Å². The van der Waals surface area contributed by atoms with Crippen molar-refractivity contribution in [3.63, 3.8) is 0 Å². The van der Waals surface area contributed by atoms with Gasteiger partial charge in [-0.3, -0.25) is 9.10 Å². The molecule has 0 atom stereocenters. The van der Waals surface area contributed by atoms with Crippen LogP contribution in [0, 0.1) is 13.8 Å². The molecule has 0 aromatic heterocycles. The Morgan fingerprint density at radius 1 is 1.03 bits per heavy atom. The molecule has 3 rings (SSSR count). The van der Waals surface area contributed by atoms with E-state index in [1.807, 2.05) is 6.92 Å². The highest BCUT2D eigenvalue weighted by atomic mass is 35.5. The monoisotopic (exact) mass is 513 g/mol. The molecule has 1 amide bonds. The molecule has 0 radical (unpaired) electrons. The number of anilines is 1. The number of sulfonamides is 1. The summed E-state index contributed by atoms with van der Waals surface area (Å²) in [5, 5.41) is 4.35. The molecule has 0 spiro atoms. The molecule has 0 aliphatic heterocycles. The third-order valence-corrected chi connectivity index (χ3v) is 7.07. The molecule has 0 saturated carbocycles. The first kappa shape index (κ1) is 25.9. The van der Waals surface area contributed by atoms with Crippen LogP contribution in [0.1, 0.15) is 27.0 Å². The molecule has 35 heavy (non-hydrogen) atoms. The van der Waals surface area contributed by atoms with E-state index >= 15 is 0 Å². The summed E-state index contributed by atoms with van der Waals surface area (Å²) in [4.78, 5) is 24.3. The molecule has 0 fully saturated rings. The summed E-state index contributed by atoms with van der Waals surface area (Å²) in [5.41, 5.74) is 5.18. The second-order valence-electron chi connectivity index (χ2n) is 7.66. The fraction of sp³-hybridized carbons (Fsp3) is 0.160. The summed E-state index contributed by atoms with van der Waals surface area (Å²) in [7, 11) is -2.77. The van der Waals surface area contributed by atoms with Gasteiger partial charge in [0.1, 0.15) is 6.54 Å². The minimum atomic E-state index is -4.06. The summed E-state index contributed by atoms with van der Waals surface area (Å²) >= 11 is 6.05. The number of esters is 1. The number of nitrogens with one attached hydrogen (secondary N) is 1. The number of benzene rings is 3. The SMILES string of the molecule is COC(=O)c1ccc(/C=N/NC(=O)CN(c2ccc(Cl)cc2C)S(=O)(=O)c2ccc(C)cc2)cc1. The molecule has 0 aliphatic rings. The number of hydrazone groups is 1. The largest absolute Gasteiger partial charge is 0.465 e. The van der Waals surface area contributed by atoms with E-state index in [0.29, 0.717) is 27.4 Å². The van der Waals surface area contributed by atoms with Crippen LogP contribution in [-0.2, 0) is 19.6 Å². The third kappa shape index (κ3) is 6.46. The van der Waals surface area contributed by atoms with E-state index in [1.54, 1.807) is 61.5 Å². The standard InChI is InChI=1S/C25H24ClN3O5S/c1-17-4-11-22(12-5-17)35(32,33)29(23-13-10-21(26)14-18(23)2)16-24(30)28-27-15-19-6-8-20(9-7-19)25(31)34-3/h4-15H,16H2,1-3H3,(H,28,30)/b27-15+. The molecule has 0 heterocycles. The summed E-state index contributed by atoms with van der Waals surface area (Å²) < 4.78 is 32.6. The maximum absolute atomic E-state index is 13.5. The van der Waals surface area contributed by atoms with Crippen molar-refractivity contribution in [2.45, 2.75) is 18.7 Å². The molecule has 3 aromatic rings. The van der Waals surface area contributed by atoms with Crippen LogP contribution >= 0.6 is 11.6 Å². The Morgan fingerprint density at radius 3 is 2.29 bits per heavy atom. The van der Waals surface area contributed by atoms with Gasteiger partial charge in [-0.15, -0.1) is 0 Å². The van der Waals surface area contributed by atoms with Crippen LogP contribution < -0.4 is 9.73 Å². The van der Waals surface area contributed by atoms with Gasteiger partial charge in [0.15, 0.2) is 0 Å². The van der Waals surface area contributed by atoms with E-state index in [4.69, 9.17) is 11.6 Å². The Balaban J connectivity index is 1.82. The van der Waals surface area contributed by atoms with Crippen molar-refractivity contribution in [1.29, 1.82) is 0 Å². The molecule has 10 heteroatoms. The highest BCUT2D eigenvalue weighted by Gasteiger charge is 2.28. The molecule has 3 aromatic carbocycles. The van der Waals surface area contributed by atoms with Gasteiger partial charge in [-0.25, -0.2) is 18.6 Å². The van der Waals surface area contributed by atoms with Crippen LogP contribution in [0.25, 0.3) is 0 Å². The summed E-state index contributed by atoms with van der Waals surface area (Å²) in [6.07, 6.45) is 1.38. The van der Waals surface area contributed by atoms with E-state index < -0.39 is 28.4 Å². The highest BCUT2D eigenvalue weighted by Crippen LogP contribution is 2.29. The van der Waals surface area contributed by atoms with Crippen LogP contribution in [0.5, 0.6) is 0 Å². The van der Waals surface area contributed by atoms with E-state index in [1.165, 1.54) is 25.5 Å². The predicted molar refractivity (Wildman–Crippen MR) is 135 cm³/mol. The van der Waals surface area contributed by atoms with Crippen LogP contribution in [0.3, 0.4) is 0 Å². The lowest BCUT2D eigenvalue weighted by Crippen LogP contribution is -2.40. The van der Waals surface area contributed by atoms with Crippen molar-refractivity contribution in [3.05, 3.63) is 94.0 Å². The van der Waals surface area contributed by atoms with Crippen LogP contribution in [0.2, 0.25) is 5.02 Å². The second-order valence-corrected chi connectivity index (χ2v) is 9.96. The van der Waals surface area contributed by atoms with Crippen molar-refractivity contribution in [2.24, 2.45) is 5.10 Å². The number of carbonyl (C=O) groups is 2. The Hall–Kier alpha value is -3.69. The zero-order valence-electron chi connectivity index (χ0n) is 19.4. The Morgan fingerprint density at radius 2 is 1.69 bits per heavy atom. The van der Waals surface area contributed by atoms with E-state index in [-0.39, 0.29) is 4.90 Å². The molecule has 182 valence electrons. The van der Waals surface area contributed by atoms with Crippen molar-refractivity contribution < 1.29 is 22.7 Å². The van der Waals surface area contributed by atoms with E-state index in [2.05, 4.69) is 15.3 Å². The molecule has 1 N–H and O–H groups in total. The quantitative estimate of drug-likeness (QED) is 0.277. The Labute approximate surface area is 209 Å². The van der Waals surface area contributed by atoms with Crippen molar-refractivity contribution >= 4 is 45.4 Å². The van der Waals surface area contributed by atoms with Gasteiger partial charge in [-0.2, -0.15) is 5.10 Å². The number of nitrogens with zero attached hydrogens (tertiary/aromatic N) is 2. The first-order valence-electron chi connectivity index (χ1n) is 10.5. The average Bonchev–Trinajstić information content (AvgIpc) is 2.83. The number of halogens is 1. The zero-order chi connectivity index (χ0) is 25.6. The lowest BCUT2D eigenvalue weighted by Gasteiger charge is -2.25. The summed E-state index contributed by atoms with van der Waals surface area (Å²) in [6, 6.07) is 17.5. The van der Waals surface area contributed by atoms with Gasteiger partial charge < -0.3 is 4.74 Å². The number of hydrogen-bond acceptors (Lipinski definition) is 6. The maximum atomic E-state index is 13.5. The van der Waals surface area contributed by atoms with Gasteiger partial charge >= 0.3 is 5.97 Å². The highest BCUT2D eigenvalue weighted by molar-refractivity contribution is 7.92. The maximum Gasteiger partial charge on any atom is 0.337 e. The fourth-order valence-corrected chi connectivity index (χ4v) is 4.92. The Bertz CT molecular complexity index is 1350.